The van der Waals surface area contributed by atoms with E-state index in [1.54, 1.807) is 11.3 Å². The second-order valence-corrected chi connectivity index (χ2v) is 5.51. The molecule has 0 saturated heterocycles. The van der Waals surface area contributed by atoms with Crippen LogP contribution in [0.25, 0.3) is 0 Å². The van der Waals surface area contributed by atoms with Crippen molar-refractivity contribution in [2.24, 2.45) is 0 Å². The van der Waals surface area contributed by atoms with E-state index in [9.17, 15) is 5.11 Å². The van der Waals surface area contributed by atoms with Gasteiger partial charge in [0.2, 0.25) is 0 Å². The summed E-state index contributed by atoms with van der Waals surface area (Å²) >= 11 is 1.64. The maximum Gasteiger partial charge on any atom is 0.185 e. The van der Waals surface area contributed by atoms with Crippen LogP contribution in [0.2, 0.25) is 0 Å². The fourth-order valence-electron chi connectivity index (χ4n) is 1.99. The first kappa shape index (κ1) is 14.0. The number of aliphatic hydroxyl groups is 1. The van der Waals surface area contributed by atoms with Crippen LogP contribution in [-0.4, -0.2) is 23.7 Å². The topological polar surface area (TPSA) is 36.4 Å². The molecule has 1 aromatic carbocycles. The molecule has 0 aliphatic rings. The molecular weight excluding hydrogens is 256 g/mol. The van der Waals surface area contributed by atoms with Crippen LogP contribution >= 0.6 is 11.3 Å². The van der Waals surface area contributed by atoms with E-state index >= 15 is 0 Å². The minimum absolute atomic E-state index is 0.479. The Balaban J connectivity index is 2.00. The summed E-state index contributed by atoms with van der Waals surface area (Å²) in [6, 6.07) is 9.74. The number of nitrogens with zero attached hydrogens (tertiary/aromatic N) is 2. The predicted molar refractivity (Wildman–Crippen MR) is 80.8 cm³/mol. The van der Waals surface area contributed by atoms with Gasteiger partial charge in [-0.3, -0.25) is 0 Å². The van der Waals surface area contributed by atoms with Crippen LogP contribution < -0.4 is 4.90 Å². The molecule has 1 N–H and O–H groups in total. The lowest BCUT2D eigenvalue weighted by Crippen LogP contribution is -2.17. The van der Waals surface area contributed by atoms with Gasteiger partial charge in [-0.2, -0.15) is 0 Å². The van der Waals surface area contributed by atoms with Crippen LogP contribution in [0.4, 0.5) is 5.13 Å². The lowest BCUT2D eigenvalue weighted by Gasteiger charge is -2.13. The Hall–Kier alpha value is -1.39. The molecule has 2 aromatic rings. The Bertz CT molecular complexity index is 498. The van der Waals surface area contributed by atoms with Crippen molar-refractivity contribution in [2.45, 2.75) is 25.9 Å². The summed E-state index contributed by atoms with van der Waals surface area (Å²) in [6.45, 7) is 3.17. The van der Waals surface area contributed by atoms with Crippen LogP contribution in [0.1, 0.15) is 30.7 Å². The molecular formula is C15H20N2OS. The predicted octanol–water partition coefficient (Wildman–Crippen LogP) is 3.27. The Morgan fingerprint density at radius 3 is 2.74 bits per heavy atom. The van der Waals surface area contributed by atoms with Crippen LogP contribution in [0.3, 0.4) is 0 Å². The van der Waals surface area contributed by atoms with Gasteiger partial charge in [0.15, 0.2) is 5.13 Å². The number of aliphatic hydroxyl groups excluding tert-OH is 1. The monoisotopic (exact) mass is 276 g/mol. The van der Waals surface area contributed by atoms with Crippen molar-refractivity contribution in [3.05, 3.63) is 47.0 Å². The maximum atomic E-state index is 10.2. The van der Waals surface area contributed by atoms with E-state index in [-0.39, 0.29) is 0 Å². The van der Waals surface area contributed by atoms with Crippen LogP contribution in [0.15, 0.2) is 35.7 Å². The maximum absolute atomic E-state index is 10.2. The molecule has 1 aromatic heterocycles. The van der Waals surface area contributed by atoms with Gasteiger partial charge in [0, 0.05) is 25.4 Å². The van der Waals surface area contributed by atoms with Gasteiger partial charge in [-0.1, -0.05) is 37.3 Å². The molecule has 0 fully saturated rings. The molecule has 0 bridgehead atoms. The summed E-state index contributed by atoms with van der Waals surface area (Å²) < 4.78 is 0. The number of hydrogen-bond donors (Lipinski definition) is 1. The molecule has 0 aliphatic carbocycles. The molecule has 0 amide bonds. The zero-order valence-electron chi connectivity index (χ0n) is 11.4. The molecule has 1 atom stereocenters. The third kappa shape index (κ3) is 3.78. The van der Waals surface area contributed by atoms with Crippen molar-refractivity contribution >= 4 is 16.5 Å². The highest BCUT2D eigenvalue weighted by atomic mass is 32.1. The number of hydrogen-bond acceptors (Lipinski definition) is 4. The summed E-state index contributed by atoms with van der Waals surface area (Å²) in [6.07, 6.45) is 1.20. The van der Waals surface area contributed by atoms with Crippen LogP contribution in [-0.2, 0) is 6.42 Å². The largest absolute Gasteiger partial charge is 0.388 e. The van der Waals surface area contributed by atoms with E-state index in [1.165, 1.54) is 0 Å². The van der Waals surface area contributed by atoms with Gasteiger partial charge < -0.3 is 10.0 Å². The zero-order chi connectivity index (χ0) is 13.7. The first-order valence-corrected chi connectivity index (χ1v) is 7.47. The first-order chi connectivity index (χ1) is 9.20. The Kier molecular flexibility index (Phi) is 4.93. The standard InChI is InChI=1S/C15H20N2OS/c1-3-9-17(2)15-16-13(11-19-15)10-14(18)12-7-5-4-6-8-12/h4-8,11,14,18H,3,9-10H2,1-2H3. The summed E-state index contributed by atoms with van der Waals surface area (Å²) in [5.41, 5.74) is 1.90. The van der Waals surface area contributed by atoms with Crippen molar-refractivity contribution in [3.8, 4) is 0 Å². The highest BCUT2D eigenvalue weighted by Crippen LogP contribution is 2.23. The minimum Gasteiger partial charge on any atom is -0.388 e. The SMILES string of the molecule is CCCN(C)c1nc(CC(O)c2ccccc2)cs1. The summed E-state index contributed by atoms with van der Waals surface area (Å²) in [7, 11) is 2.06. The van der Waals surface area contributed by atoms with Gasteiger partial charge in [0.1, 0.15) is 0 Å². The third-order valence-corrected chi connectivity index (χ3v) is 4.02. The normalized spacial score (nSPS) is 12.4. The number of rotatable bonds is 6. The van der Waals surface area contributed by atoms with Crippen LogP contribution in [0.5, 0.6) is 0 Å². The molecule has 2 rings (SSSR count). The number of aromatic nitrogens is 1. The van der Waals surface area contributed by atoms with Gasteiger partial charge in [-0.05, 0) is 12.0 Å². The molecule has 0 spiro atoms. The summed E-state index contributed by atoms with van der Waals surface area (Å²) in [4.78, 5) is 6.73. The molecule has 0 aliphatic heterocycles. The third-order valence-electron chi connectivity index (χ3n) is 3.01. The zero-order valence-corrected chi connectivity index (χ0v) is 12.2. The summed E-state index contributed by atoms with van der Waals surface area (Å²) in [5, 5.41) is 13.2. The van der Waals surface area contributed by atoms with E-state index in [0.29, 0.717) is 6.42 Å². The molecule has 102 valence electrons. The lowest BCUT2D eigenvalue weighted by molar-refractivity contribution is 0.177. The van der Waals surface area contributed by atoms with Crippen molar-refractivity contribution in [3.63, 3.8) is 0 Å². The van der Waals surface area contributed by atoms with E-state index < -0.39 is 6.10 Å². The van der Waals surface area contributed by atoms with Gasteiger partial charge in [-0.25, -0.2) is 4.98 Å². The molecule has 1 unspecified atom stereocenters. The Morgan fingerprint density at radius 2 is 2.05 bits per heavy atom. The fourth-order valence-corrected chi connectivity index (χ4v) is 2.82. The average Bonchev–Trinajstić information content (AvgIpc) is 2.88. The Labute approximate surface area is 118 Å². The van der Waals surface area contributed by atoms with Crippen molar-refractivity contribution in [1.29, 1.82) is 0 Å². The van der Waals surface area contributed by atoms with Crippen molar-refractivity contribution in [1.82, 2.24) is 4.98 Å². The van der Waals surface area contributed by atoms with Crippen LogP contribution in [0, 0.1) is 0 Å². The van der Waals surface area contributed by atoms with E-state index in [1.807, 2.05) is 35.7 Å². The highest BCUT2D eigenvalue weighted by molar-refractivity contribution is 7.13. The highest BCUT2D eigenvalue weighted by Gasteiger charge is 2.12. The van der Waals surface area contributed by atoms with E-state index in [0.717, 1.165) is 29.4 Å². The van der Waals surface area contributed by atoms with E-state index in [2.05, 4.69) is 23.9 Å². The molecule has 3 nitrogen and oxygen atoms in total. The molecule has 19 heavy (non-hydrogen) atoms. The van der Waals surface area contributed by atoms with Gasteiger partial charge in [-0.15, -0.1) is 11.3 Å². The second-order valence-electron chi connectivity index (χ2n) is 4.67. The molecule has 1 heterocycles. The molecule has 0 saturated carbocycles. The lowest BCUT2D eigenvalue weighted by atomic mass is 10.1. The number of thiazole rings is 1. The molecule has 4 heteroatoms. The van der Waals surface area contributed by atoms with Crippen molar-refractivity contribution in [2.75, 3.05) is 18.5 Å². The van der Waals surface area contributed by atoms with Crippen molar-refractivity contribution < 1.29 is 5.11 Å². The second kappa shape index (κ2) is 6.68. The van der Waals surface area contributed by atoms with E-state index in [4.69, 9.17) is 0 Å². The van der Waals surface area contributed by atoms with Gasteiger partial charge in [0.05, 0.1) is 11.8 Å². The average molecular weight is 276 g/mol. The first-order valence-electron chi connectivity index (χ1n) is 6.59. The smallest absolute Gasteiger partial charge is 0.185 e. The number of benzene rings is 1. The minimum atomic E-state index is -0.479. The molecule has 0 radical (unpaired) electrons. The number of anilines is 1. The van der Waals surface area contributed by atoms with Gasteiger partial charge in [0.25, 0.3) is 0 Å². The Morgan fingerprint density at radius 1 is 1.32 bits per heavy atom. The summed E-state index contributed by atoms with van der Waals surface area (Å²) in [5.74, 6) is 0. The quantitative estimate of drug-likeness (QED) is 0.879. The fraction of sp³-hybridized carbons (Fsp3) is 0.400. The van der Waals surface area contributed by atoms with Gasteiger partial charge >= 0.3 is 0 Å².